The van der Waals surface area contributed by atoms with Crippen LogP contribution in [0.4, 0.5) is 8.78 Å². The monoisotopic (exact) mass is 255 g/mol. The number of hydrogen-bond donors (Lipinski definition) is 1. The average Bonchev–Trinajstić information content (AvgIpc) is 2.33. The Morgan fingerprint density at radius 3 is 2.67 bits per heavy atom. The number of aliphatic hydroxyl groups excluding tert-OH is 1. The van der Waals surface area contributed by atoms with E-state index < -0.39 is 11.6 Å². The SMILES string of the molecule is CN(Cc1ccc(F)cc1F)C1CCCCC1O. The van der Waals surface area contributed by atoms with Gasteiger partial charge in [-0.15, -0.1) is 0 Å². The third-order valence-corrected chi connectivity index (χ3v) is 3.69. The van der Waals surface area contributed by atoms with E-state index in [1.807, 2.05) is 11.9 Å². The van der Waals surface area contributed by atoms with Crippen LogP contribution in [0.3, 0.4) is 0 Å². The molecule has 0 spiro atoms. The van der Waals surface area contributed by atoms with Gasteiger partial charge in [-0.2, -0.15) is 0 Å². The van der Waals surface area contributed by atoms with E-state index in [-0.39, 0.29) is 12.1 Å². The standard InChI is InChI=1S/C14H19F2NO/c1-17(13-4-2-3-5-14(13)18)9-10-6-7-11(15)8-12(10)16/h6-8,13-14,18H,2-5,9H2,1H3. The lowest BCUT2D eigenvalue weighted by molar-refractivity contribution is 0.0284. The number of nitrogens with zero attached hydrogens (tertiary/aromatic N) is 1. The largest absolute Gasteiger partial charge is 0.391 e. The fraction of sp³-hybridized carbons (Fsp3) is 0.571. The number of hydrogen-bond acceptors (Lipinski definition) is 2. The second-order valence-corrected chi connectivity index (χ2v) is 5.07. The highest BCUT2D eigenvalue weighted by molar-refractivity contribution is 5.18. The van der Waals surface area contributed by atoms with Gasteiger partial charge in [0.15, 0.2) is 0 Å². The Hall–Kier alpha value is -1.00. The Balaban J connectivity index is 2.03. The van der Waals surface area contributed by atoms with Crippen LogP contribution in [0.1, 0.15) is 31.2 Å². The molecule has 2 atom stereocenters. The molecule has 100 valence electrons. The first kappa shape index (κ1) is 13.4. The third-order valence-electron chi connectivity index (χ3n) is 3.69. The highest BCUT2D eigenvalue weighted by atomic mass is 19.1. The normalized spacial score (nSPS) is 24.5. The van der Waals surface area contributed by atoms with Crippen molar-refractivity contribution >= 4 is 0 Å². The summed E-state index contributed by atoms with van der Waals surface area (Å²) in [6.45, 7) is 0.397. The van der Waals surface area contributed by atoms with Gasteiger partial charge in [-0.05, 0) is 26.0 Å². The summed E-state index contributed by atoms with van der Waals surface area (Å²) >= 11 is 0. The van der Waals surface area contributed by atoms with Gasteiger partial charge < -0.3 is 5.11 Å². The molecule has 1 aromatic carbocycles. The highest BCUT2D eigenvalue weighted by Gasteiger charge is 2.26. The second-order valence-electron chi connectivity index (χ2n) is 5.07. The zero-order valence-corrected chi connectivity index (χ0v) is 10.6. The van der Waals surface area contributed by atoms with E-state index in [2.05, 4.69) is 0 Å². The molecule has 0 amide bonds. The van der Waals surface area contributed by atoms with Gasteiger partial charge in [-0.3, -0.25) is 4.90 Å². The summed E-state index contributed by atoms with van der Waals surface area (Å²) in [7, 11) is 1.88. The molecule has 1 aromatic rings. The topological polar surface area (TPSA) is 23.5 Å². The number of likely N-dealkylation sites (N-methyl/N-ethyl adjacent to an activating group) is 1. The van der Waals surface area contributed by atoms with Crippen LogP contribution < -0.4 is 0 Å². The molecule has 1 fully saturated rings. The van der Waals surface area contributed by atoms with Gasteiger partial charge in [-0.25, -0.2) is 8.78 Å². The Labute approximate surface area is 106 Å². The first-order valence-corrected chi connectivity index (χ1v) is 6.40. The van der Waals surface area contributed by atoms with Crippen LogP contribution in [-0.2, 0) is 6.54 Å². The summed E-state index contributed by atoms with van der Waals surface area (Å²) in [6.07, 6.45) is 3.54. The maximum absolute atomic E-state index is 13.5. The van der Waals surface area contributed by atoms with Gasteiger partial charge in [0.05, 0.1) is 6.10 Å². The van der Waals surface area contributed by atoms with Crippen LogP contribution in [0.2, 0.25) is 0 Å². The van der Waals surface area contributed by atoms with Gasteiger partial charge in [0.1, 0.15) is 11.6 Å². The molecule has 18 heavy (non-hydrogen) atoms. The molecule has 2 unspecified atom stereocenters. The lowest BCUT2D eigenvalue weighted by atomic mass is 9.91. The van der Waals surface area contributed by atoms with E-state index >= 15 is 0 Å². The molecule has 0 radical (unpaired) electrons. The van der Waals surface area contributed by atoms with Crippen molar-refractivity contribution in [2.45, 2.75) is 44.4 Å². The molecule has 4 heteroatoms. The van der Waals surface area contributed by atoms with Crippen molar-refractivity contribution in [3.8, 4) is 0 Å². The summed E-state index contributed by atoms with van der Waals surface area (Å²) in [5.74, 6) is -1.08. The molecule has 1 N–H and O–H groups in total. The maximum Gasteiger partial charge on any atom is 0.130 e. The average molecular weight is 255 g/mol. The fourth-order valence-electron chi connectivity index (χ4n) is 2.64. The summed E-state index contributed by atoms with van der Waals surface area (Å²) in [6, 6.07) is 3.71. The first-order valence-electron chi connectivity index (χ1n) is 6.40. The van der Waals surface area contributed by atoms with Crippen molar-refractivity contribution in [1.29, 1.82) is 0 Å². The van der Waals surface area contributed by atoms with E-state index in [0.29, 0.717) is 12.1 Å². The molecule has 0 aliphatic heterocycles. The molecular weight excluding hydrogens is 236 g/mol. The quantitative estimate of drug-likeness (QED) is 0.897. The molecule has 2 nitrogen and oxygen atoms in total. The fourth-order valence-corrected chi connectivity index (χ4v) is 2.64. The van der Waals surface area contributed by atoms with E-state index in [1.54, 1.807) is 0 Å². The molecule has 0 aromatic heterocycles. The van der Waals surface area contributed by atoms with Gasteiger partial charge >= 0.3 is 0 Å². The van der Waals surface area contributed by atoms with E-state index in [1.165, 1.54) is 12.1 Å². The molecular formula is C14H19F2NO. The van der Waals surface area contributed by atoms with Gasteiger partial charge in [0.25, 0.3) is 0 Å². The van der Waals surface area contributed by atoms with Crippen molar-refractivity contribution in [2.24, 2.45) is 0 Å². The van der Waals surface area contributed by atoms with Gasteiger partial charge in [-0.1, -0.05) is 18.9 Å². The van der Waals surface area contributed by atoms with Crippen molar-refractivity contribution in [1.82, 2.24) is 4.90 Å². The maximum atomic E-state index is 13.5. The summed E-state index contributed by atoms with van der Waals surface area (Å²) in [5, 5.41) is 9.94. The molecule has 0 heterocycles. The Kier molecular flexibility index (Phi) is 4.30. The van der Waals surface area contributed by atoms with Crippen LogP contribution >= 0.6 is 0 Å². The molecule has 1 aliphatic rings. The lowest BCUT2D eigenvalue weighted by Gasteiger charge is -2.35. The predicted octanol–water partition coefficient (Wildman–Crippen LogP) is 2.70. The van der Waals surface area contributed by atoms with Crippen LogP contribution in [0.5, 0.6) is 0 Å². The summed E-state index contributed by atoms with van der Waals surface area (Å²) < 4.78 is 26.4. The summed E-state index contributed by atoms with van der Waals surface area (Å²) in [5.41, 5.74) is 0.469. The van der Waals surface area contributed by atoms with Crippen molar-refractivity contribution in [2.75, 3.05) is 7.05 Å². The van der Waals surface area contributed by atoms with E-state index in [9.17, 15) is 13.9 Å². The smallest absolute Gasteiger partial charge is 0.130 e. The minimum Gasteiger partial charge on any atom is -0.391 e. The highest BCUT2D eigenvalue weighted by Crippen LogP contribution is 2.24. The first-order chi connectivity index (χ1) is 8.58. The molecule has 0 saturated heterocycles. The minimum absolute atomic E-state index is 0.0724. The number of aliphatic hydroxyl groups is 1. The zero-order valence-electron chi connectivity index (χ0n) is 10.6. The number of halogens is 2. The summed E-state index contributed by atoms with van der Waals surface area (Å²) in [4.78, 5) is 1.96. The molecule has 1 aliphatic carbocycles. The minimum atomic E-state index is -0.559. The lowest BCUT2D eigenvalue weighted by Crippen LogP contribution is -2.43. The molecule has 1 saturated carbocycles. The van der Waals surface area contributed by atoms with Crippen LogP contribution in [-0.4, -0.2) is 29.2 Å². The van der Waals surface area contributed by atoms with Crippen molar-refractivity contribution in [3.05, 3.63) is 35.4 Å². The van der Waals surface area contributed by atoms with Gasteiger partial charge in [0.2, 0.25) is 0 Å². The van der Waals surface area contributed by atoms with Crippen LogP contribution in [0, 0.1) is 11.6 Å². The van der Waals surface area contributed by atoms with Gasteiger partial charge in [0, 0.05) is 24.2 Å². The molecule has 2 rings (SSSR count). The Morgan fingerprint density at radius 2 is 2.00 bits per heavy atom. The van der Waals surface area contributed by atoms with Crippen LogP contribution in [0.15, 0.2) is 18.2 Å². The van der Waals surface area contributed by atoms with Crippen molar-refractivity contribution < 1.29 is 13.9 Å². The predicted molar refractivity (Wildman–Crippen MR) is 66.1 cm³/mol. The zero-order chi connectivity index (χ0) is 13.1. The van der Waals surface area contributed by atoms with E-state index in [4.69, 9.17) is 0 Å². The second kappa shape index (κ2) is 5.76. The van der Waals surface area contributed by atoms with Crippen molar-refractivity contribution in [3.63, 3.8) is 0 Å². The Bertz CT molecular complexity index is 411. The molecule has 0 bridgehead atoms. The van der Waals surface area contributed by atoms with Crippen LogP contribution in [0.25, 0.3) is 0 Å². The van der Waals surface area contributed by atoms with E-state index in [0.717, 1.165) is 31.7 Å². The Morgan fingerprint density at radius 1 is 1.28 bits per heavy atom. The third kappa shape index (κ3) is 3.06. The number of benzene rings is 1. The number of rotatable bonds is 3.